The molecule has 1 amide bonds. The topological polar surface area (TPSA) is 46.2 Å². The van der Waals surface area contributed by atoms with E-state index >= 15 is 0 Å². The molecule has 1 aromatic rings. The first-order valence-electron chi connectivity index (χ1n) is 6.32. The Morgan fingerprint density at radius 2 is 2.06 bits per heavy atom. The minimum absolute atomic E-state index is 0.0432. The van der Waals surface area contributed by atoms with E-state index in [4.69, 9.17) is 0 Å². The average Bonchev–Trinajstić information content (AvgIpc) is 2.78. The summed E-state index contributed by atoms with van der Waals surface area (Å²) in [6.07, 6.45) is 2.53. The lowest BCUT2D eigenvalue weighted by Crippen LogP contribution is -2.43. The number of hydrogen-bond donors (Lipinski definition) is 1. The third-order valence-corrected chi connectivity index (χ3v) is 3.64. The summed E-state index contributed by atoms with van der Waals surface area (Å²) in [5.41, 5.74) is -0.183. The minimum atomic E-state index is -0.183. The number of hydrogen-bond acceptors (Lipinski definition) is 3. The number of thiophene rings is 1. The van der Waals surface area contributed by atoms with Gasteiger partial charge < -0.3 is 5.32 Å². The maximum absolute atomic E-state index is 11.7. The van der Waals surface area contributed by atoms with Gasteiger partial charge in [-0.2, -0.15) is 0 Å². The van der Waals surface area contributed by atoms with E-state index in [9.17, 15) is 9.59 Å². The standard InChI is InChI=1S/C14H21NO2S/c1-4-9-14(2,3)15-13(17)8-7-11(16)12-6-5-10-18-12/h5-6,10H,4,7-9H2,1-3H3,(H,15,17). The first-order valence-corrected chi connectivity index (χ1v) is 7.20. The predicted molar refractivity (Wildman–Crippen MR) is 75.0 cm³/mol. The summed E-state index contributed by atoms with van der Waals surface area (Å²) < 4.78 is 0. The van der Waals surface area contributed by atoms with Crippen molar-refractivity contribution in [3.8, 4) is 0 Å². The molecular weight excluding hydrogens is 246 g/mol. The van der Waals surface area contributed by atoms with Crippen molar-refractivity contribution in [1.82, 2.24) is 5.32 Å². The highest BCUT2D eigenvalue weighted by Crippen LogP contribution is 2.14. The van der Waals surface area contributed by atoms with Gasteiger partial charge in [0.25, 0.3) is 0 Å². The summed E-state index contributed by atoms with van der Waals surface area (Å²) in [7, 11) is 0. The molecule has 0 aliphatic carbocycles. The first-order chi connectivity index (χ1) is 8.44. The van der Waals surface area contributed by atoms with Crippen LogP contribution in [0.4, 0.5) is 0 Å². The van der Waals surface area contributed by atoms with Crippen LogP contribution in [0.2, 0.25) is 0 Å². The second kappa shape index (κ2) is 6.69. The molecule has 0 aliphatic heterocycles. The van der Waals surface area contributed by atoms with Gasteiger partial charge in [0, 0.05) is 18.4 Å². The highest BCUT2D eigenvalue weighted by Gasteiger charge is 2.19. The van der Waals surface area contributed by atoms with Gasteiger partial charge in [0.1, 0.15) is 0 Å². The highest BCUT2D eigenvalue weighted by atomic mass is 32.1. The van der Waals surface area contributed by atoms with Crippen molar-refractivity contribution < 1.29 is 9.59 Å². The molecule has 0 fully saturated rings. The van der Waals surface area contributed by atoms with E-state index in [1.165, 1.54) is 11.3 Å². The van der Waals surface area contributed by atoms with Crippen molar-refractivity contribution >= 4 is 23.0 Å². The van der Waals surface area contributed by atoms with E-state index in [0.29, 0.717) is 0 Å². The zero-order valence-electron chi connectivity index (χ0n) is 11.3. The van der Waals surface area contributed by atoms with Crippen molar-refractivity contribution in [2.75, 3.05) is 0 Å². The van der Waals surface area contributed by atoms with E-state index in [-0.39, 0.29) is 30.1 Å². The number of carbonyl (C=O) groups is 2. The Hall–Kier alpha value is -1.16. The van der Waals surface area contributed by atoms with Crippen LogP contribution in [0.1, 0.15) is 56.1 Å². The molecule has 1 N–H and O–H groups in total. The van der Waals surface area contributed by atoms with Crippen molar-refractivity contribution in [3.05, 3.63) is 22.4 Å². The van der Waals surface area contributed by atoms with Gasteiger partial charge >= 0.3 is 0 Å². The summed E-state index contributed by atoms with van der Waals surface area (Å²) in [6, 6.07) is 3.65. The number of rotatable bonds is 7. The van der Waals surface area contributed by atoms with E-state index in [1.54, 1.807) is 6.07 Å². The maximum atomic E-state index is 11.7. The quantitative estimate of drug-likeness (QED) is 0.770. The number of carbonyl (C=O) groups excluding carboxylic acids is 2. The van der Waals surface area contributed by atoms with Crippen LogP contribution in [0.3, 0.4) is 0 Å². The largest absolute Gasteiger partial charge is 0.351 e. The Morgan fingerprint density at radius 1 is 1.33 bits per heavy atom. The molecule has 18 heavy (non-hydrogen) atoms. The van der Waals surface area contributed by atoms with Crippen LogP contribution in [0.5, 0.6) is 0 Å². The summed E-state index contributed by atoms with van der Waals surface area (Å²) in [6.45, 7) is 6.11. The lowest BCUT2D eigenvalue weighted by Gasteiger charge is -2.25. The molecule has 1 aromatic heterocycles. The molecule has 0 bridgehead atoms. The van der Waals surface area contributed by atoms with Crippen LogP contribution in [-0.4, -0.2) is 17.2 Å². The zero-order valence-corrected chi connectivity index (χ0v) is 12.1. The zero-order chi connectivity index (χ0) is 13.6. The maximum Gasteiger partial charge on any atom is 0.220 e. The molecule has 0 saturated carbocycles. The Kier molecular flexibility index (Phi) is 5.54. The molecule has 0 saturated heterocycles. The molecule has 0 atom stereocenters. The number of nitrogens with one attached hydrogen (secondary N) is 1. The summed E-state index contributed by atoms with van der Waals surface area (Å²) >= 11 is 1.42. The molecule has 0 spiro atoms. The minimum Gasteiger partial charge on any atom is -0.351 e. The van der Waals surface area contributed by atoms with Crippen LogP contribution in [0.25, 0.3) is 0 Å². The normalized spacial score (nSPS) is 11.3. The van der Waals surface area contributed by atoms with E-state index in [2.05, 4.69) is 12.2 Å². The Balaban J connectivity index is 2.35. The number of Topliss-reactive ketones (excluding diaryl/α,β-unsaturated/α-hetero) is 1. The molecule has 0 unspecified atom stereocenters. The summed E-state index contributed by atoms with van der Waals surface area (Å²) in [5.74, 6) is 0.00630. The van der Waals surface area contributed by atoms with Crippen LogP contribution in [0.15, 0.2) is 17.5 Å². The van der Waals surface area contributed by atoms with Gasteiger partial charge in [-0.15, -0.1) is 11.3 Å². The van der Waals surface area contributed by atoms with Crippen LogP contribution in [0, 0.1) is 0 Å². The summed E-state index contributed by atoms with van der Waals surface area (Å²) in [4.78, 5) is 24.2. The second-order valence-corrected chi connectivity index (χ2v) is 6.03. The molecule has 4 heteroatoms. The fourth-order valence-corrected chi connectivity index (χ4v) is 2.61. The van der Waals surface area contributed by atoms with Gasteiger partial charge in [0.05, 0.1) is 4.88 Å². The van der Waals surface area contributed by atoms with Gasteiger partial charge in [0.2, 0.25) is 5.91 Å². The molecule has 100 valence electrons. The van der Waals surface area contributed by atoms with Crippen LogP contribution in [-0.2, 0) is 4.79 Å². The SMILES string of the molecule is CCCC(C)(C)NC(=O)CCC(=O)c1cccs1. The van der Waals surface area contributed by atoms with E-state index in [0.717, 1.165) is 17.7 Å². The predicted octanol–water partition coefficient (Wildman–Crippen LogP) is 3.41. The summed E-state index contributed by atoms with van der Waals surface area (Å²) in [5, 5.41) is 4.84. The molecule has 3 nitrogen and oxygen atoms in total. The van der Waals surface area contributed by atoms with Gasteiger partial charge in [-0.3, -0.25) is 9.59 Å². The van der Waals surface area contributed by atoms with Gasteiger partial charge in [-0.05, 0) is 31.7 Å². The van der Waals surface area contributed by atoms with Crippen LogP contribution >= 0.6 is 11.3 Å². The van der Waals surface area contributed by atoms with E-state index < -0.39 is 0 Å². The lowest BCUT2D eigenvalue weighted by molar-refractivity contribution is -0.122. The average molecular weight is 267 g/mol. The van der Waals surface area contributed by atoms with Gasteiger partial charge in [0.15, 0.2) is 5.78 Å². The lowest BCUT2D eigenvalue weighted by atomic mass is 9.98. The number of ketones is 1. The Morgan fingerprint density at radius 3 is 2.61 bits per heavy atom. The smallest absolute Gasteiger partial charge is 0.220 e. The Bertz CT molecular complexity index is 396. The molecule has 0 aromatic carbocycles. The molecule has 1 heterocycles. The fraction of sp³-hybridized carbons (Fsp3) is 0.571. The highest BCUT2D eigenvalue weighted by molar-refractivity contribution is 7.12. The Labute approximate surface area is 113 Å². The molecule has 0 radical (unpaired) electrons. The molecule has 0 aliphatic rings. The second-order valence-electron chi connectivity index (χ2n) is 5.08. The van der Waals surface area contributed by atoms with Crippen molar-refractivity contribution in [3.63, 3.8) is 0 Å². The number of amides is 1. The first kappa shape index (κ1) is 14.9. The van der Waals surface area contributed by atoms with Crippen molar-refractivity contribution in [2.24, 2.45) is 0 Å². The van der Waals surface area contributed by atoms with Gasteiger partial charge in [-0.25, -0.2) is 0 Å². The van der Waals surface area contributed by atoms with Gasteiger partial charge in [-0.1, -0.05) is 19.4 Å². The van der Waals surface area contributed by atoms with E-state index in [1.807, 2.05) is 25.3 Å². The third kappa shape index (κ3) is 5.00. The van der Waals surface area contributed by atoms with Crippen molar-refractivity contribution in [2.45, 2.75) is 52.0 Å². The third-order valence-electron chi connectivity index (χ3n) is 2.73. The fourth-order valence-electron chi connectivity index (χ4n) is 1.91. The van der Waals surface area contributed by atoms with Crippen LogP contribution < -0.4 is 5.32 Å². The van der Waals surface area contributed by atoms with Crippen molar-refractivity contribution in [1.29, 1.82) is 0 Å². The monoisotopic (exact) mass is 267 g/mol. The molecule has 1 rings (SSSR count). The molecular formula is C14H21NO2S.